The number of hydrogen-bond acceptors (Lipinski definition) is 7. The van der Waals surface area contributed by atoms with Crippen LogP contribution in [0.3, 0.4) is 0 Å². The molecule has 3 rings (SSSR count). The van der Waals surface area contributed by atoms with Crippen LogP contribution < -0.4 is 10.6 Å². The summed E-state index contributed by atoms with van der Waals surface area (Å²) in [6, 6.07) is 10.4. The summed E-state index contributed by atoms with van der Waals surface area (Å²) in [4.78, 5) is 36.5. The fraction of sp³-hybridized carbons (Fsp3) is 0.167. The van der Waals surface area contributed by atoms with Gasteiger partial charge in [-0.15, -0.1) is 11.3 Å². The molecule has 0 saturated carbocycles. The molecule has 134 valence electrons. The number of benzene rings is 1. The summed E-state index contributed by atoms with van der Waals surface area (Å²) in [5.74, 6) is -3.02. The molecule has 26 heavy (non-hydrogen) atoms. The fourth-order valence-corrected chi connectivity index (χ4v) is 2.84. The van der Waals surface area contributed by atoms with Crippen LogP contribution in [0.2, 0.25) is 0 Å². The zero-order chi connectivity index (χ0) is 18.7. The number of rotatable bonds is 4. The van der Waals surface area contributed by atoms with Crippen molar-refractivity contribution in [1.82, 2.24) is 0 Å². The van der Waals surface area contributed by atoms with Gasteiger partial charge in [-0.2, -0.15) is 0 Å². The second-order valence-electron chi connectivity index (χ2n) is 5.89. The zero-order valence-corrected chi connectivity index (χ0v) is 14.9. The molecule has 8 heteroatoms. The van der Waals surface area contributed by atoms with Crippen LogP contribution in [0.15, 0.2) is 53.6 Å². The summed E-state index contributed by atoms with van der Waals surface area (Å²) in [6.07, 6.45) is 1.22. The van der Waals surface area contributed by atoms with Gasteiger partial charge in [-0.25, -0.2) is 9.59 Å². The van der Waals surface area contributed by atoms with E-state index in [0.717, 1.165) is 0 Å². The van der Waals surface area contributed by atoms with Crippen molar-refractivity contribution in [2.45, 2.75) is 19.6 Å². The second-order valence-corrected chi connectivity index (χ2v) is 6.84. The average Bonchev–Trinajstić information content (AvgIpc) is 3.08. The monoisotopic (exact) mass is 372 g/mol. The first-order chi connectivity index (χ1) is 12.3. The molecule has 0 unspecified atom stereocenters. The van der Waals surface area contributed by atoms with E-state index in [1.54, 1.807) is 36.4 Å². The van der Waals surface area contributed by atoms with Gasteiger partial charge in [-0.1, -0.05) is 12.1 Å². The zero-order valence-electron chi connectivity index (χ0n) is 14.1. The molecule has 7 nitrogen and oxygen atoms in total. The van der Waals surface area contributed by atoms with Gasteiger partial charge < -0.3 is 20.1 Å². The highest BCUT2D eigenvalue weighted by molar-refractivity contribution is 7.12. The van der Waals surface area contributed by atoms with Gasteiger partial charge >= 0.3 is 11.9 Å². The van der Waals surface area contributed by atoms with Crippen molar-refractivity contribution in [1.29, 1.82) is 0 Å². The molecular formula is C18H16N2O5S. The quantitative estimate of drug-likeness (QED) is 0.487. The van der Waals surface area contributed by atoms with Crippen LogP contribution in [0.4, 0.5) is 11.4 Å². The van der Waals surface area contributed by atoms with Gasteiger partial charge in [0, 0.05) is 31.4 Å². The summed E-state index contributed by atoms with van der Waals surface area (Å²) >= 11 is 1.34. The Bertz CT molecular complexity index is 865. The normalized spacial score (nSPS) is 15.7. The number of ether oxygens (including phenoxy) is 2. The summed E-state index contributed by atoms with van der Waals surface area (Å²) in [6.45, 7) is 2.96. The molecule has 0 spiro atoms. The number of nitrogens with one attached hydrogen (secondary N) is 2. The standard InChI is InChI=1S/C18H16N2O5S/c1-18(2)24-16(22)13(17(23)25-18)10-19-11-5-3-6-12(9-11)20-15(21)14-7-4-8-26-14/h3-10,19H,1-2H3,(H,20,21). The molecule has 2 heterocycles. The molecule has 0 radical (unpaired) electrons. The van der Waals surface area contributed by atoms with Gasteiger partial charge in [0.1, 0.15) is 0 Å². The molecule has 1 aromatic carbocycles. The van der Waals surface area contributed by atoms with Crippen LogP contribution in [0.25, 0.3) is 0 Å². The summed E-state index contributed by atoms with van der Waals surface area (Å²) in [7, 11) is 0. The van der Waals surface area contributed by atoms with Gasteiger partial charge in [-0.05, 0) is 29.6 Å². The number of esters is 2. The molecule has 2 N–H and O–H groups in total. The van der Waals surface area contributed by atoms with Gasteiger partial charge in [0.2, 0.25) is 0 Å². The SMILES string of the molecule is CC1(C)OC(=O)C(=CNc2cccc(NC(=O)c3cccs3)c2)C(=O)O1. The third kappa shape index (κ3) is 4.09. The number of thiophene rings is 1. The lowest BCUT2D eigenvalue weighted by Crippen LogP contribution is -2.42. The Morgan fingerprint density at radius 1 is 1.08 bits per heavy atom. The number of carbonyl (C=O) groups is 3. The minimum atomic E-state index is -1.28. The Morgan fingerprint density at radius 3 is 2.42 bits per heavy atom. The first kappa shape index (κ1) is 17.7. The van der Waals surface area contributed by atoms with Crippen LogP contribution in [-0.2, 0) is 19.1 Å². The molecule has 1 amide bonds. The van der Waals surface area contributed by atoms with E-state index in [1.807, 2.05) is 5.38 Å². The van der Waals surface area contributed by atoms with Crippen molar-refractivity contribution in [3.05, 3.63) is 58.4 Å². The fourth-order valence-electron chi connectivity index (χ4n) is 2.22. The number of cyclic esters (lactones) is 2. The van der Waals surface area contributed by atoms with Crippen molar-refractivity contribution in [2.24, 2.45) is 0 Å². The lowest BCUT2D eigenvalue weighted by atomic mass is 10.2. The van der Waals surface area contributed by atoms with Crippen molar-refractivity contribution in [2.75, 3.05) is 10.6 Å². The summed E-state index contributed by atoms with van der Waals surface area (Å²) in [5.41, 5.74) is 0.908. The molecule has 1 aliphatic heterocycles. The summed E-state index contributed by atoms with van der Waals surface area (Å²) < 4.78 is 10.0. The minimum Gasteiger partial charge on any atom is -0.419 e. The van der Waals surface area contributed by atoms with Crippen molar-refractivity contribution in [3.8, 4) is 0 Å². The lowest BCUT2D eigenvalue weighted by Gasteiger charge is -2.29. The average molecular weight is 372 g/mol. The molecule has 0 aliphatic carbocycles. The molecule has 1 aromatic heterocycles. The molecule has 1 fully saturated rings. The lowest BCUT2D eigenvalue weighted by molar-refractivity contribution is -0.222. The molecule has 0 atom stereocenters. The molecular weight excluding hydrogens is 356 g/mol. The van der Waals surface area contributed by atoms with E-state index in [0.29, 0.717) is 16.3 Å². The highest BCUT2D eigenvalue weighted by Gasteiger charge is 2.38. The van der Waals surface area contributed by atoms with Crippen LogP contribution >= 0.6 is 11.3 Å². The van der Waals surface area contributed by atoms with E-state index < -0.39 is 17.7 Å². The Balaban J connectivity index is 1.70. The third-order valence-corrected chi connectivity index (χ3v) is 4.23. The van der Waals surface area contributed by atoms with E-state index >= 15 is 0 Å². The van der Waals surface area contributed by atoms with E-state index in [1.165, 1.54) is 31.4 Å². The van der Waals surface area contributed by atoms with Crippen molar-refractivity contribution in [3.63, 3.8) is 0 Å². The smallest absolute Gasteiger partial charge is 0.350 e. The maximum atomic E-state index is 12.1. The van der Waals surface area contributed by atoms with Gasteiger partial charge in [0.15, 0.2) is 5.57 Å². The first-order valence-electron chi connectivity index (χ1n) is 7.72. The molecule has 1 saturated heterocycles. The Hall–Kier alpha value is -3.13. The molecule has 0 bridgehead atoms. The molecule has 1 aliphatic rings. The van der Waals surface area contributed by atoms with E-state index in [-0.39, 0.29) is 11.5 Å². The Labute approximate surface area is 153 Å². The van der Waals surface area contributed by atoms with Crippen LogP contribution in [0.1, 0.15) is 23.5 Å². The van der Waals surface area contributed by atoms with Crippen molar-refractivity contribution < 1.29 is 23.9 Å². The van der Waals surface area contributed by atoms with Crippen LogP contribution in [-0.4, -0.2) is 23.6 Å². The minimum absolute atomic E-state index is 0.211. The predicted octanol–water partition coefficient (Wildman–Crippen LogP) is 3.13. The third-order valence-electron chi connectivity index (χ3n) is 3.37. The maximum Gasteiger partial charge on any atom is 0.350 e. The van der Waals surface area contributed by atoms with Gasteiger partial charge in [-0.3, -0.25) is 4.79 Å². The van der Waals surface area contributed by atoms with Crippen LogP contribution in [0, 0.1) is 0 Å². The Morgan fingerprint density at radius 2 is 1.77 bits per heavy atom. The van der Waals surface area contributed by atoms with E-state index in [4.69, 9.17) is 9.47 Å². The maximum absolute atomic E-state index is 12.1. The van der Waals surface area contributed by atoms with E-state index in [2.05, 4.69) is 10.6 Å². The van der Waals surface area contributed by atoms with Gasteiger partial charge in [0.05, 0.1) is 4.88 Å². The molecule has 2 aromatic rings. The highest BCUT2D eigenvalue weighted by Crippen LogP contribution is 2.23. The largest absolute Gasteiger partial charge is 0.419 e. The number of carbonyl (C=O) groups excluding carboxylic acids is 3. The first-order valence-corrected chi connectivity index (χ1v) is 8.60. The number of amides is 1. The number of hydrogen-bond donors (Lipinski definition) is 2. The number of anilines is 2. The second kappa shape index (κ2) is 7.01. The van der Waals surface area contributed by atoms with Crippen LogP contribution in [0.5, 0.6) is 0 Å². The highest BCUT2D eigenvalue weighted by atomic mass is 32.1. The summed E-state index contributed by atoms with van der Waals surface area (Å²) in [5, 5.41) is 7.44. The van der Waals surface area contributed by atoms with Crippen molar-refractivity contribution >= 4 is 40.6 Å². The Kier molecular flexibility index (Phi) is 4.77. The van der Waals surface area contributed by atoms with E-state index in [9.17, 15) is 14.4 Å². The topological polar surface area (TPSA) is 93.7 Å². The predicted molar refractivity (Wildman–Crippen MR) is 96.7 cm³/mol. The van der Waals surface area contributed by atoms with Gasteiger partial charge in [0.25, 0.3) is 11.7 Å².